The predicted octanol–water partition coefficient (Wildman–Crippen LogP) is 3.72. The van der Waals surface area contributed by atoms with Crippen molar-refractivity contribution >= 4 is 27.5 Å². The number of nitrogens with zero attached hydrogens (tertiary/aromatic N) is 1. The van der Waals surface area contributed by atoms with Gasteiger partial charge in [-0.05, 0) is 59.7 Å². The third kappa shape index (κ3) is 6.07. The summed E-state index contributed by atoms with van der Waals surface area (Å²) in [6.45, 7) is 3.39. The van der Waals surface area contributed by atoms with Crippen LogP contribution in [0.2, 0.25) is 0 Å². The summed E-state index contributed by atoms with van der Waals surface area (Å²) in [5.74, 6) is 1.34. The molecule has 2 aromatic rings. The lowest BCUT2D eigenvalue weighted by Crippen LogP contribution is -2.33. The molecule has 6 heteroatoms. The number of para-hydroxylation sites is 2. The molecule has 0 heterocycles. The van der Waals surface area contributed by atoms with Gasteiger partial charge in [0.1, 0.15) is 6.61 Å². The number of amides is 1. The number of aryl methyl sites for hydroxylation is 1. The molecule has 0 saturated carbocycles. The minimum atomic E-state index is -0.0654. The molecular weight excluding hydrogens is 384 g/mol. The number of anilines is 1. The summed E-state index contributed by atoms with van der Waals surface area (Å²) in [6, 6.07) is 13.3. The Morgan fingerprint density at radius 1 is 1.20 bits per heavy atom. The van der Waals surface area contributed by atoms with E-state index in [1.165, 1.54) is 0 Å². The first-order chi connectivity index (χ1) is 12.0. The fraction of sp³-hybridized carbons (Fsp3) is 0.316. The van der Waals surface area contributed by atoms with Crippen LogP contribution >= 0.6 is 15.9 Å². The Morgan fingerprint density at radius 3 is 2.60 bits per heavy atom. The number of nitrogens with one attached hydrogen (secondary N) is 1. The van der Waals surface area contributed by atoms with Crippen LogP contribution in [0.5, 0.6) is 11.5 Å². The van der Waals surface area contributed by atoms with Crippen molar-refractivity contribution in [3.8, 4) is 11.5 Å². The van der Waals surface area contributed by atoms with Gasteiger partial charge >= 0.3 is 0 Å². The van der Waals surface area contributed by atoms with Crippen LogP contribution in [0.25, 0.3) is 0 Å². The highest BCUT2D eigenvalue weighted by Crippen LogP contribution is 2.25. The largest absolute Gasteiger partial charge is 0.493 e. The van der Waals surface area contributed by atoms with Crippen molar-refractivity contribution in [3.63, 3.8) is 0 Å². The number of hydrogen-bond acceptors (Lipinski definition) is 4. The van der Waals surface area contributed by atoms with Crippen molar-refractivity contribution < 1.29 is 14.3 Å². The minimum Gasteiger partial charge on any atom is -0.493 e. The quantitative estimate of drug-likeness (QED) is 0.725. The van der Waals surface area contributed by atoms with E-state index < -0.39 is 0 Å². The van der Waals surface area contributed by atoms with E-state index >= 15 is 0 Å². The number of rotatable bonds is 8. The summed E-state index contributed by atoms with van der Waals surface area (Å²) in [7, 11) is 3.50. The van der Waals surface area contributed by atoms with Crippen molar-refractivity contribution in [2.75, 3.05) is 39.2 Å². The first-order valence-corrected chi connectivity index (χ1v) is 8.79. The topological polar surface area (TPSA) is 50.8 Å². The summed E-state index contributed by atoms with van der Waals surface area (Å²) in [5.41, 5.74) is 1.91. The Morgan fingerprint density at radius 2 is 1.92 bits per heavy atom. The van der Waals surface area contributed by atoms with E-state index in [0.29, 0.717) is 24.7 Å². The molecule has 134 valence electrons. The number of halogens is 1. The molecule has 0 aromatic heterocycles. The van der Waals surface area contributed by atoms with Gasteiger partial charge in [0.05, 0.1) is 19.3 Å². The van der Waals surface area contributed by atoms with E-state index in [4.69, 9.17) is 9.47 Å². The number of hydrogen-bond donors (Lipinski definition) is 1. The maximum Gasteiger partial charge on any atom is 0.238 e. The first kappa shape index (κ1) is 19.3. The Labute approximate surface area is 157 Å². The molecular formula is C19H23BrN2O3. The van der Waals surface area contributed by atoms with Crippen LogP contribution in [0.15, 0.2) is 46.9 Å². The zero-order valence-electron chi connectivity index (χ0n) is 14.7. The molecule has 0 radical (unpaired) electrons. The van der Waals surface area contributed by atoms with Crippen LogP contribution in [0.4, 0.5) is 5.69 Å². The molecule has 0 saturated heterocycles. The maximum atomic E-state index is 12.2. The zero-order valence-corrected chi connectivity index (χ0v) is 16.3. The fourth-order valence-electron chi connectivity index (χ4n) is 2.28. The summed E-state index contributed by atoms with van der Waals surface area (Å²) in [6.07, 6.45) is 0. The van der Waals surface area contributed by atoms with E-state index in [-0.39, 0.29) is 12.5 Å². The number of methoxy groups -OCH3 is 1. The second kappa shape index (κ2) is 9.44. The molecule has 25 heavy (non-hydrogen) atoms. The number of carbonyl (C=O) groups is 1. The van der Waals surface area contributed by atoms with Gasteiger partial charge in [0.15, 0.2) is 11.5 Å². The second-order valence-electron chi connectivity index (χ2n) is 5.77. The van der Waals surface area contributed by atoms with Crippen molar-refractivity contribution in [1.82, 2.24) is 4.90 Å². The minimum absolute atomic E-state index is 0.0654. The van der Waals surface area contributed by atoms with Crippen LogP contribution in [-0.4, -0.2) is 44.7 Å². The van der Waals surface area contributed by atoms with Crippen molar-refractivity contribution in [2.45, 2.75) is 6.92 Å². The highest BCUT2D eigenvalue weighted by Gasteiger charge is 2.10. The average molecular weight is 407 g/mol. The smallest absolute Gasteiger partial charge is 0.238 e. The number of likely N-dealkylation sites (N-methyl/N-ethyl adjacent to an activating group) is 1. The molecule has 2 aromatic carbocycles. The molecule has 1 N–H and O–H groups in total. The number of benzene rings is 2. The molecule has 0 fully saturated rings. The van der Waals surface area contributed by atoms with E-state index in [2.05, 4.69) is 21.2 Å². The second-order valence-corrected chi connectivity index (χ2v) is 6.62. The van der Waals surface area contributed by atoms with Crippen molar-refractivity contribution in [2.24, 2.45) is 0 Å². The van der Waals surface area contributed by atoms with Crippen LogP contribution in [-0.2, 0) is 4.79 Å². The molecule has 0 aliphatic carbocycles. The lowest BCUT2D eigenvalue weighted by molar-refractivity contribution is -0.117. The first-order valence-electron chi connectivity index (χ1n) is 8.00. The number of ether oxygens (including phenoxy) is 2. The molecule has 0 aliphatic heterocycles. The predicted molar refractivity (Wildman–Crippen MR) is 103 cm³/mol. The Kier molecular flexibility index (Phi) is 7.28. The molecule has 0 unspecified atom stereocenters. The van der Waals surface area contributed by atoms with Gasteiger partial charge in [-0.1, -0.05) is 18.2 Å². The molecule has 5 nitrogen and oxygen atoms in total. The van der Waals surface area contributed by atoms with Gasteiger partial charge in [0.2, 0.25) is 5.91 Å². The SMILES string of the molecule is COc1ccccc1OCCN(C)CC(=O)Nc1ccc(C)cc1Br. The van der Waals surface area contributed by atoms with Crippen molar-refractivity contribution in [3.05, 3.63) is 52.5 Å². The molecule has 1 amide bonds. The third-order valence-corrected chi connectivity index (χ3v) is 4.27. The normalized spacial score (nSPS) is 10.6. The van der Waals surface area contributed by atoms with E-state index in [1.54, 1.807) is 7.11 Å². The van der Waals surface area contributed by atoms with Crippen LogP contribution < -0.4 is 14.8 Å². The molecule has 0 spiro atoms. The third-order valence-electron chi connectivity index (χ3n) is 3.61. The lowest BCUT2D eigenvalue weighted by Gasteiger charge is -2.17. The van der Waals surface area contributed by atoms with E-state index in [9.17, 15) is 4.79 Å². The zero-order chi connectivity index (χ0) is 18.2. The monoisotopic (exact) mass is 406 g/mol. The summed E-state index contributed by atoms with van der Waals surface area (Å²) in [5, 5.41) is 2.91. The Bertz CT molecular complexity index is 722. The van der Waals surface area contributed by atoms with Crippen molar-refractivity contribution in [1.29, 1.82) is 0 Å². The standard InChI is InChI=1S/C19H23BrN2O3/c1-14-8-9-16(15(20)12-14)21-19(23)13-22(2)10-11-25-18-7-5-4-6-17(18)24-3/h4-9,12H,10-11,13H2,1-3H3,(H,21,23). The lowest BCUT2D eigenvalue weighted by atomic mass is 10.2. The van der Waals surface area contributed by atoms with Crippen LogP contribution in [0.1, 0.15) is 5.56 Å². The van der Waals surface area contributed by atoms with Gasteiger partial charge in [-0.3, -0.25) is 9.69 Å². The van der Waals surface area contributed by atoms with Gasteiger partial charge in [0.25, 0.3) is 0 Å². The molecule has 0 aliphatic rings. The van der Waals surface area contributed by atoms with E-state index in [0.717, 1.165) is 15.7 Å². The Hall–Kier alpha value is -2.05. The van der Waals surface area contributed by atoms with Gasteiger partial charge in [0, 0.05) is 11.0 Å². The van der Waals surface area contributed by atoms with Gasteiger partial charge in [-0.15, -0.1) is 0 Å². The van der Waals surface area contributed by atoms with Crippen LogP contribution in [0, 0.1) is 6.92 Å². The molecule has 0 atom stereocenters. The Balaban J connectivity index is 1.77. The van der Waals surface area contributed by atoms with E-state index in [1.807, 2.05) is 61.3 Å². The van der Waals surface area contributed by atoms with Gasteiger partial charge in [-0.2, -0.15) is 0 Å². The number of carbonyl (C=O) groups excluding carboxylic acids is 1. The average Bonchev–Trinajstić information content (AvgIpc) is 2.58. The highest BCUT2D eigenvalue weighted by molar-refractivity contribution is 9.10. The van der Waals surface area contributed by atoms with Crippen LogP contribution in [0.3, 0.4) is 0 Å². The summed E-state index contributed by atoms with van der Waals surface area (Å²) in [4.78, 5) is 14.1. The summed E-state index contributed by atoms with van der Waals surface area (Å²) < 4.78 is 11.8. The highest BCUT2D eigenvalue weighted by atomic mass is 79.9. The maximum absolute atomic E-state index is 12.2. The summed E-state index contributed by atoms with van der Waals surface area (Å²) >= 11 is 3.46. The van der Waals surface area contributed by atoms with Gasteiger partial charge in [-0.25, -0.2) is 0 Å². The van der Waals surface area contributed by atoms with Gasteiger partial charge < -0.3 is 14.8 Å². The molecule has 0 bridgehead atoms. The molecule has 2 rings (SSSR count). The fourth-order valence-corrected chi connectivity index (χ4v) is 2.88.